The van der Waals surface area contributed by atoms with Gasteiger partial charge in [-0.25, -0.2) is 14.6 Å². The van der Waals surface area contributed by atoms with Gasteiger partial charge < -0.3 is 24.8 Å². The Kier molecular flexibility index (Phi) is 3.93. The number of aliphatic hydroxyl groups excluding tert-OH is 1. The number of hydrogen-bond donors (Lipinski definition) is 3. The maximum Gasteiger partial charge on any atom is 0.326 e. The number of nitrogens with zero attached hydrogens (tertiary/aromatic N) is 2. The van der Waals surface area contributed by atoms with E-state index in [-0.39, 0.29) is 13.0 Å². The number of aliphatic carboxylic acids is 1. The number of carbonyl (C=O) groups is 2. The number of likely N-dealkylation sites (tertiary alicyclic amines) is 1. The first-order chi connectivity index (χ1) is 9.38. The molecule has 0 radical (unpaired) electrons. The Morgan fingerprint density at radius 3 is 2.85 bits per heavy atom. The standard InChI is InChI=1S/C12H17N3O5/c1-6-4-13-10(20-6)7(2)14-12(19)15-5-8(16)3-9(15)11(17)18/h4,7-9,16H,3,5H2,1-2H3,(H,14,19)(H,17,18)/t7?,8-,9-/m1/s1. The fourth-order valence-corrected chi connectivity index (χ4v) is 2.17. The molecule has 3 N–H and O–H groups in total. The summed E-state index contributed by atoms with van der Waals surface area (Å²) < 4.78 is 5.29. The van der Waals surface area contributed by atoms with Crippen molar-refractivity contribution in [2.45, 2.75) is 38.5 Å². The fourth-order valence-electron chi connectivity index (χ4n) is 2.17. The van der Waals surface area contributed by atoms with Crippen LogP contribution < -0.4 is 5.32 Å². The molecular formula is C12H17N3O5. The summed E-state index contributed by atoms with van der Waals surface area (Å²) in [6.45, 7) is 3.42. The zero-order valence-electron chi connectivity index (χ0n) is 11.2. The normalized spacial score (nSPS) is 23.6. The summed E-state index contributed by atoms with van der Waals surface area (Å²) in [5, 5.41) is 21.2. The van der Waals surface area contributed by atoms with Crippen LogP contribution in [0.5, 0.6) is 0 Å². The second-order valence-electron chi connectivity index (χ2n) is 4.88. The minimum atomic E-state index is -1.13. The van der Waals surface area contributed by atoms with Gasteiger partial charge in [0.25, 0.3) is 0 Å². The zero-order valence-corrected chi connectivity index (χ0v) is 11.2. The maximum atomic E-state index is 12.1. The van der Waals surface area contributed by atoms with E-state index < -0.39 is 30.2 Å². The number of amides is 2. The van der Waals surface area contributed by atoms with Gasteiger partial charge >= 0.3 is 12.0 Å². The van der Waals surface area contributed by atoms with Gasteiger partial charge in [0.15, 0.2) is 0 Å². The van der Waals surface area contributed by atoms with Gasteiger partial charge in [-0.2, -0.15) is 0 Å². The monoisotopic (exact) mass is 283 g/mol. The van der Waals surface area contributed by atoms with Crippen LogP contribution in [0.15, 0.2) is 10.6 Å². The quantitative estimate of drug-likeness (QED) is 0.733. The van der Waals surface area contributed by atoms with Crippen LogP contribution in [-0.4, -0.2) is 50.8 Å². The molecule has 0 spiro atoms. The largest absolute Gasteiger partial charge is 0.480 e. The van der Waals surface area contributed by atoms with Crippen LogP contribution >= 0.6 is 0 Å². The van der Waals surface area contributed by atoms with Gasteiger partial charge in [-0.1, -0.05) is 0 Å². The SMILES string of the molecule is Cc1cnc(C(C)NC(=O)N2C[C@H](O)C[C@@H]2C(=O)O)o1. The predicted molar refractivity (Wildman–Crippen MR) is 66.9 cm³/mol. The highest BCUT2D eigenvalue weighted by Crippen LogP contribution is 2.19. The third kappa shape index (κ3) is 2.90. The lowest BCUT2D eigenvalue weighted by Gasteiger charge is -2.23. The molecule has 110 valence electrons. The van der Waals surface area contributed by atoms with Gasteiger partial charge in [0.1, 0.15) is 17.8 Å². The summed E-state index contributed by atoms with van der Waals surface area (Å²) in [5.74, 6) is -0.153. The summed E-state index contributed by atoms with van der Waals surface area (Å²) in [5.41, 5.74) is 0. The summed E-state index contributed by atoms with van der Waals surface area (Å²) in [7, 11) is 0. The van der Waals surface area contributed by atoms with Crippen LogP contribution in [0.2, 0.25) is 0 Å². The van der Waals surface area contributed by atoms with Crippen LogP contribution in [0.3, 0.4) is 0 Å². The Morgan fingerprint density at radius 2 is 2.30 bits per heavy atom. The average molecular weight is 283 g/mol. The van der Waals surface area contributed by atoms with Gasteiger partial charge in [-0.05, 0) is 13.8 Å². The van der Waals surface area contributed by atoms with Crippen molar-refractivity contribution >= 4 is 12.0 Å². The Bertz CT molecular complexity index is 515. The summed E-state index contributed by atoms with van der Waals surface area (Å²) in [6, 6.07) is -2.05. The van der Waals surface area contributed by atoms with Crippen molar-refractivity contribution in [2.24, 2.45) is 0 Å². The van der Waals surface area contributed by atoms with E-state index >= 15 is 0 Å². The van der Waals surface area contributed by atoms with E-state index in [0.29, 0.717) is 11.7 Å². The zero-order chi connectivity index (χ0) is 14.9. The molecule has 1 aromatic heterocycles. The van der Waals surface area contributed by atoms with Gasteiger partial charge in [-0.15, -0.1) is 0 Å². The summed E-state index contributed by atoms with van der Waals surface area (Å²) in [4.78, 5) is 28.2. The number of carboxylic acids is 1. The molecule has 0 aliphatic carbocycles. The molecule has 1 saturated heterocycles. The minimum Gasteiger partial charge on any atom is -0.480 e. The van der Waals surface area contributed by atoms with E-state index in [1.54, 1.807) is 13.8 Å². The molecule has 0 saturated carbocycles. The summed E-state index contributed by atoms with van der Waals surface area (Å²) >= 11 is 0. The first-order valence-electron chi connectivity index (χ1n) is 6.28. The molecule has 0 aromatic carbocycles. The van der Waals surface area contributed by atoms with Gasteiger partial charge in [0, 0.05) is 13.0 Å². The highest BCUT2D eigenvalue weighted by atomic mass is 16.4. The Labute approximate surface area is 115 Å². The van der Waals surface area contributed by atoms with E-state index in [9.17, 15) is 14.7 Å². The molecule has 1 unspecified atom stereocenters. The van der Waals surface area contributed by atoms with E-state index in [2.05, 4.69) is 10.3 Å². The lowest BCUT2D eigenvalue weighted by molar-refractivity contribution is -0.141. The van der Waals surface area contributed by atoms with E-state index in [0.717, 1.165) is 4.90 Å². The molecule has 8 nitrogen and oxygen atoms in total. The van der Waals surface area contributed by atoms with Crippen LogP contribution in [0, 0.1) is 6.92 Å². The highest BCUT2D eigenvalue weighted by molar-refractivity contribution is 5.83. The third-order valence-electron chi connectivity index (χ3n) is 3.17. The number of carboxylic acid groups (broad SMARTS) is 1. The number of rotatable bonds is 3. The molecule has 3 atom stereocenters. The second kappa shape index (κ2) is 5.49. The summed E-state index contributed by atoms with van der Waals surface area (Å²) in [6.07, 6.45) is 0.758. The molecule has 1 fully saturated rings. The molecule has 2 rings (SSSR count). The molecule has 2 heterocycles. The minimum absolute atomic E-state index is 0.000130. The first-order valence-corrected chi connectivity index (χ1v) is 6.28. The molecule has 1 aliphatic rings. The van der Waals surface area contributed by atoms with Crippen LogP contribution in [-0.2, 0) is 4.79 Å². The molecule has 1 aliphatic heterocycles. The topological polar surface area (TPSA) is 116 Å². The fraction of sp³-hybridized carbons (Fsp3) is 0.583. The number of aliphatic hydroxyl groups is 1. The van der Waals surface area contributed by atoms with Crippen molar-refractivity contribution in [1.29, 1.82) is 0 Å². The third-order valence-corrected chi connectivity index (χ3v) is 3.17. The van der Waals surface area contributed by atoms with Crippen LogP contribution in [0.25, 0.3) is 0 Å². The van der Waals surface area contributed by atoms with Crippen molar-refractivity contribution in [3.8, 4) is 0 Å². The second-order valence-corrected chi connectivity index (χ2v) is 4.88. The molecule has 8 heteroatoms. The number of oxazole rings is 1. The lowest BCUT2D eigenvalue weighted by atomic mass is 10.2. The average Bonchev–Trinajstić information content (AvgIpc) is 2.95. The van der Waals surface area contributed by atoms with Crippen molar-refractivity contribution in [3.05, 3.63) is 17.8 Å². The predicted octanol–water partition coefficient (Wildman–Crippen LogP) is 0.273. The smallest absolute Gasteiger partial charge is 0.326 e. The van der Waals surface area contributed by atoms with Crippen LogP contribution in [0.4, 0.5) is 4.79 Å². The number of aromatic nitrogens is 1. The number of hydrogen-bond acceptors (Lipinski definition) is 5. The van der Waals surface area contributed by atoms with E-state index in [1.807, 2.05) is 0 Å². The first kappa shape index (κ1) is 14.3. The van der Waals surface area contributed by atoms with Crippen molar-refractivity contribution in [3.63, 3.8) is 0 Å². The lowest BCUT2D eigenvalue weighted by Crippen LogP contribution is -2.46. The number of nitrogens with one attached hydrogen (secondary N) is 1. The molecule has 1 aromatic rings. The number of carbonyl (C=O) groups excluding carboxylic acids is 1. The number of β-amino-alcohol motifs (C(OH)–C–C–N with tert-alkyl or cyclic N) is 1. The molecule has 0 bridgehead atoms. The highest BCUT2D eigenvalue weighted by Gasteiger charge is 2.39. The van der Waals surface area contributed by atoms with Gasteiger partial charge in [0.2, 0.25) is 5.89 Å². The van der Waals surface area contributed by atoms with Crippen molar-refractivity contribution in [1.82, 2.24) is 15.2 Å². The molecule has 2 amide bonds. The maximum absolute atomic E-state index is 12.1. The van der Waals surface area contributed by atoms with Gasteiger partial charge in [-0.3, -0.25) is 0 Å². The molecule has 20 heavy (non-hydrogen) atoms. The van der Waals surface area contributed by atoms with E-state index in [1.165, 1.54) is 6.20 Å². The van der Waals surface area contributed by atoms with Gasteiger partial charge in [0.05, 0.1) is 12.3 Å². The van der Waals surface area contributed by atoms with Crippen molar-refractivity contribution in [2.75, 3.05) is 6.54 Å². The van der Waals surface area contributed by atoms with Crippen molar-refractivity contribution < 1.29 is 24.2 Å². The molecular weight excluding hydrogens is 266 g/mol. The Hall–Kier alpha value is -2.09. The van der Waals surface area contributed by atoms with E-state index in [4.69, 9.17) is 9.52 Å². The number of aryl methyl sites for hydroxylation is 1. The Balaban J connectivity index is 2.02. The number of urea groups is 1. The van der Waals surface area contributed by atoms with Crippen LogP contribution in [0.1, 0.15) is 31.0 Å². The Morgan fingerprint density at radius 1 is 1.60 bits per heavy atom.